The normalized spacial score (nSPS) is 17.4. The van der Waals surface area contributed by atoms with Gasteiger partial charge in [0.25, 0.3) is 11.8 Å². The number of rotatable bonds is 38. The average Bonchev–Trinajstić information content (AvgIpc) is 1.33. The number of likely N-dealkylation sites (N-methyl/N-ethyl adjacent to an activating group) is 2. The summed E-state index contributed by atoms with van der Waals surface area (Å²) in [5, 5.41) is 27.6. The molecule has 26 heteroatoms. The maximum Gasteiger partial charge on any atom is 0.410 e. The van der Waals surface area contributed by atoms with Gasteiger partial charge >= 0.3 is 12.1 Å². The third kappa shape index (κ3) is 22.9. The number of methoxy groups -OCH3 is 2. The second kappa shape index (κ2) is 38.4. The first-order valence-corrected chi connectivity index (χ1v) is 32.9. The van der Waals surface area contributed by atoms with Crippen LogP contribution in [0.1, 0.15) is 151 Å². The molecule has 2 aromatic carbocycles. The Hall–Kier alpha value is -7.97. The van der Waals surface area contributed by atoms with E-state index in [0.29, 0.717) is 61.9 Å². The monoisotopic (exact) mass is 1320 g/mol. The van der Waals surface area contributed by atoms with E-state index in [0.717, 1.165) is 4.90 Å². The van der Waals surface area contributed by atoms with E-state index in [-0.39, 0.29) is 86.8 Å². The van der Waals surface area contributed by atoms with E-state index in [4.69, 9.17) is 19.9 Å². The molecular formula is C68H105N11O15. The van der Waals surface area contributed by atoms with Crippen LogP contribution in [-0.4, -0.2) is 192 Å². The smallest absolute Gasteiger partial charge is 0.410 e. The number of primary amides is 1. The van der Waals surface area contributed by atoms with Gasteiger partial charge < -0.3 is 66.8 Å². The van der Waals surface area contributed by atoms with Crippen LogP contribution in [0.5, 0.6) is 0 Å². The number of benzene rings is 2. The molecule has 0 unspecified atom stereocenters. The summed E-state index contributed by atoms with van der Waals surface area (Å²) in [5.41, 5.74) is 6.77. The van der Waals surface area contributed by atoms with Gasteiger partial charge in [-0.3, -0.25) is 53.0 Å². The van der Waals surface area contributed by atoms with Crippen molar-refractivity contribution in [2.45, 2.75) is 201 Å². The number of aliphatic hydroxyl groups excluding tert-OH is 1. The summed E-state index contributed by atoms with van der Waals surface area (Å²) in [6.45, 7) is 18.6. The van der Waals surface area contributed by atoms with Crippen molar-refractivity contribution in [3.8, 4) is 0 Å². The average molecular weight is 1320 g/mol. The molecule has 94 heavy (non-hydrogen) atoms. The molecule has 0 spiro atoms. The Bertz CT molecular complexity index is 2880. The van der Waals surface area contributed by atoms with Gasteiger partial charge in [-0.25, -0.2) is 9.59 Å². The third-order valence-electron chi connectivity index (χ3n) is 17.7. The van der Waals surface area contributed by atoms with Crippen molar-refractivity contribution in [2.24, 2.45) is 35.3 Å². The molecule has 522 valence electrons. The van der Waals surface area contributed by atoms with E-state index in [9.17, 15) is 57.8 Å². The Morgan fingerprint density at radius 3 is 1.93 bits per heavy atom. The third-order valence-corrected chi connectivity index (χ3v) is 17.7. The molecular weight excluding hydrogens is 1210 g/mol. The summed E-state index contributed by atoms with van der Waals surface area (Å²) in [5.74, 6) is -6.02. The van der Waals surface area contributed by atoms with Gasteiger partial charge in [0.15, 0.2) is 0 Å². The van der Waals surface area contributed by atoms with E-state index in [1.807, 2.05) is 32.0 Å². The fraction of sp³-hybridized carbons (Fsp3) is 0.632. The van der Waals surface area contributed by atoms with Crippen LogP contribution in [0.4, 0.5) is 15.3 Å². The molecule has 0 aromatic heterocycles. The van der Waals surface area contributed by atoms with Gasteiger partial charge in [0, 0.05) is 72.2 Å². The van der Waals surface area contributed by atoms with Crippen molar-refractivity contribution < 1.29 is 72.1 Å². The van der Waals surface area contributed by atoms with Gasteiger partial charge in [-0.1, -0.05) is 118 Å². The summed E-state index contributed by atoms with van der Waals surface area (Å²) >= 11 is 0. The lowest BCUT2D eigenvalue weighted by Gasteiger charge is -2.41. The molecule has 0 bridgehead atoms. The van der Waals surface area contributed by atoms with Crippen molar-refractivity contribution in [3.63, 3.8) is 0 Å². The molecule has 4 rings (SSSR count). The first-order valence-electron chi connectivity index (χ1n) is 32.9. The SMILES string of the molecule is CC[C@H](C)[C@@H]([C@@H](CC(=O)N1CCC[C@H]1[C@H](OC)[C@@H](C)C(=O)N[C@H](C)[C@H](O)c1ccccc1)OC)N(C)C(=O)[C@@H](NC(=O)[C@H](C(C)C)N(C)C(=O)OCc1ccc(NC(=O)[C@H](CCCNC(N)=O)NC(=O)[C@@H](NC(=O)CCCCCN2C(=O)C=CC2=O)C(C)C)cc1)C(C)C. The standard InChI is InChI=1S/C68H105N11O15/c1-15-43(8)59(51(92-13)38-55(83)78-37-23-27-50(78)61(93-14)44(9)62(85)71-45(10)60(84)47-24-18-16-19-25-47)76(11)66(89)57(41(4)5)75-65(88)58(42(6)7)77(12)68(91)94-39-46-29-31-48(32-30-46)72-63(86)49(26-22-35-70-67(69)90)73-64(87)56(40(2)3)74-52(80)28-20-17-21-36-79-53(81)33-34-54(79)82/h16,18-19,24-25,29-34,40-45,49-51,56-61,84H,15,17,20-23,26-28,35-39H2,1-14H3,(H,71,85)(H,72,86)(H,73,87)(H,74,80)(H,75,88)(H3,69,70,90)/t43-,44+,45+,49-,50-,51+,56-,57-,58-,59-,60-,61+/m0/s1. The van der Waals surface area contributed by atoms with Crippen LogP contribution in [0, 0.1) is 29.6 Å². The topological polar surface area (TPSA) is 347 Å². The highest BCUT2D eigenvalue weighted by atomic mass is 16.6. The Kier molecular flexibility index (Phi) is 32.1. The fourth-order valence-corrected chi connectivity index (χ4v) is 12.1. The van der Waals surface area contributed by atoms with Crippen LogP contribution in [-0.2, 0) is 64.0 Å². The first kappa shape index (κ1) is 78.5. The van der Waals surface area contributed by atoms with Crippen LogP contribution >= 0.6 is 0 Å². The van der Waals surface area contributed by atoms with Gasteiger partial charge in [-0.05, 0) is 92.4 Å². The number of imide groups is 1. The van der Waals surface area contributed by atoms with Crippen molar-refractivity contribution in [1.29, 1.82) is 0 Å². The van der Waals surface area contributed by atoms with Crippen LogP contribution in [0.25, 0.3) is 0 Å². The molecule has 2 aliphatic heterocycles. The predicted octanol–water partition coefficient (Wildman–Crippen LogP) is 5.08. The molecule has 0 saturated carbocycles. The second-order valence-electron chi connectivity index (χ2n) is 25.8. The molecule has 1 fully saturated rings. The van der Waals surface area contributed by atoms with E-state index in [2.05, 4.69) is 31.9 Å². The second-order valence-corrected chi connectivity index (χ2v) is 25.8. The summed E-state index contributed by atoms with van der Waals surface area (Å²) in [6.07, 6.45) is 2.94. The number of carbonyl (C=O) groups excluding carboxylic acids is 11. The van der Waals surface area contributed by atoms with E-state index < -0.39 is 114 Å². The Balaban J connectivity index is 1.37. The minimum absolute atomic E-state index is 0.0841. The number of ether oxygens (including phenoxy) is 3. The van der Waals surface area contributed by atoms with Gasteiger partial charge in [-0.2, -0.15) is 0 Å². The maximum absolute atomic E-state index is 14.8. The Morgan fingerprint density at radius 2 is 1.35 bits per heavy atom. The van der Waals surface area contributed by atoms with Gasteiger partial charge in [0.1, 0.15) is 30.8 Å². The van der Waals surface area contributed by atoms with E-state index in [1.165, 1.54) is 38.3 Å². The van der Waals surface area contributed by atoms with Gasteiger partial charge in [-0.15, -0.1) is 0 Å². The largest absolute Gasteiger partial charge is 0.445 e. The highest BCUT2D eigenvalue weighted by molar-refractivity contribution is 6.12. The molecule has 0 radical (unpaired) electrons. The van der Waals surface area contributed by atoms with Crippen LogP contribution < -0.4 is 37.6 Å². The molecule has 26 nitrogen and oxygen atoms in total. The number of nitrogens with two attached hydrogens (primary N) is 1. The quantitative estimate of drug-likeness (QED) is 0.0321. The summed E-state index contributed by atoms with van der Waals surface area (Å²) in [6, 6.07) is 8.74. The van der Waals surface area contributed by atoms with Crippen LogP contribution in [0.2, 0.25) is 0 Å². The summed E-state index contributed by atoms with van der Waals surface area (Å²) in [4.78, 5) is 152. The van der Waals surface area contributed by atoms with Crippen molar-refractivity contribution in [2.75, 3.05) is 53.3 Å². The fourth-order valence-electron chi connectivity index (χ4n) is 12.1. The first-order chi connectivity index (χ1) is 44.5. The lowest BCUT2D eigenvalue weighted by atomic mass is 9.89. The molecule has 2 aromatic rings. The van der Waals surface area contributed by atoms with E-state index in [1.54, 1.807) is 109 Å². The lowest BCUT2D eigenvalue weighted by molar-refractivity contribution is -0.148. The van der Waals surface area contributed by atoms with E-state index >= 15 is 0 Å². The minimum Gasteiger partial charge on any atom is -0.445 e. The minimum atomic E-state index is -1.11. The molecule has 12 atom stereocenters. The number of unbranched alkanes of at least 4 members (excludes halogenated alkanes) is 2. The highest BCUT2D eigenvalue weighted by Gasteiger charge is 2.44. The number of nitrogens with one attached hydrogen (secondary N) is 6. The molecule has 9 N–H and O–H groups in total. The molecule has 1 saturated heterocycles. The molecule has 12 amide bonds. The summed E-state index contributed by atoms with van der Waals surface area (Å²) < 4.78 is 17.7. The number of urea groups is 1. The number of amides is 12. The zero-order chi connectivity index (χ0) is 70.1. The van der Waals surface area contributed by atoms with Gasteiger partial charge in [0.05, 0.1) is 48.8 Å². The van der Waals surface area contributed by atoms with Crippen molar-refractivity contribution >= 4 is 71.0 Å². The zero-order valence-corrected chi connectivity index (χ0v) is 57.4. The number of hydrogen-bond donors (Lipinski definition) is 8. The lowest BCUT2D eigenvalue weighted by Crippen LogP contribution is -2.60. The maximum atomic E-state index is 14.8. The van der Waals surface area contributed by atoms with Crippen molar-refractivity contribution in [3.05, 3.63) is 77.9 Å². The number of carbonyl (C=O) groups is 11. The number of hydrogen-bond acceptors (Lipinski definition) is 15. The zero-order valence-electron chi connectivity index (χ0n) is 57.4. The molecule has 2 aliphatic rings. The number of likely N-dealkylation sites (tertiary alicyclic amines) is 1. The number of aliphatic hydroxyl groups is 1. The number of anilines is 1. The van der Waals surface area contributed by atoms with Crippen LogP contribution in [0.15, 0.2) is 66.7 Å². The number of nitrogens with zero attached hydrogens (tertiary/aromatic N) is 4. The van der Waals surface area contributed by atoms with Gasteiger partial charge in [0.2, 0.25) is 41.4 Å². The van der Waals surface area contributed by atoms with Crippen molar-refractivity contribution in [1.82, 2.24) is 46.2 Å². The summed E-state index contributed by atoms with van der Waals surface area (Å²) in [7, 11) is 6.08. The molecule has 2 heterocycles. The molecule has 0 aliphatic carbocycles. The van der Waals surface area contributed by atoms with Crippen LogP contribution in [0.3, 0.4) is 0 Å². The predicted molar refractivity (Wildman–Crippen MR) is 353 cm³/mol. The highest BCUT2D eigenvalue weighted by Crippen LogP contribution is 2.31. The Labute approximate surface area is 554 Å². The Morgan fingerprint density at radius 1 is 0.713 bits per heavy atom.